The zero-order valence-corrected chi connectivity index (χ0v) is 9.85. The van der Waals surface area contributed by atoms with E-state index < -0.39 is 5.97 Å². The molecule has 17 heavy (non-hydrogen) atoms. The van der Waals surface area contributed by atoms with Gasteiger partial charge in [0.05, 0.1) is 0 Å². The SMILES string of the molecule is CCC(CC(=O)NCC(=O)O)c1ccccc1. The van der Waals surface area contributed by atoms with Crippen molar-refractivity contribution >= 4 is 11.9 Å². The van der Waals surface area contributed by atoms with Crippen molar-refractivity contribution in [1.29, 1.82) is 0 Å². The van der Waals surface area contributed by atoms with Crippen molar-refractivity contribution in [2.24, 2.45) is 0 Å². The van der Waals surface area contributed by atoms with Gasteiger partial charge in [0.2, 0.25) is 5.91 Å². The molecule has 0 aromatic heterocycles. The molecule has 0 spiro atoms. The van der Waals surface area contributed by atoms with Crippen LogP contribution < -0.4 is 5.32 Å². The average molecular weight is 235 g/mol. The number of carbonyl (C=O) groups excluding carboxylic acids is 1. The van der Waals surface area contributed by atoms with Crippen LogP contribution in [0.5, 0.6) is 0 Å². The van der Waals surface area contributed by atoms with Crippen LogP contribution in [0.15, 0.2) is 30.3 Å². The molecular weight excluding hydrogens is 218 g/mol. The molecule has 1 aromatic rings. The van der Waals surface area contributed by atoms with E-state index in [4.69, 9.17) is 5.11 Å². The Morgan fingerprint density at radius 1 is 1.29 bits per heavy atom. The van der Waals surface area contributed by atoms with Gasteiger partial charge in [-0.2, -0.15) is 0 Å². The van der Waals surface area contributed by atoms with Crippen molar-refractivity contribution in [3.63, 3.8) is 0 Å². The van der Waals surface area contributed by atoms with Gasteiger partial charge in [-0.1, -0.05) is 37.3 Å². The van der Waals surface area contributed by atoms with Crippen LogP contribution in [0, 0.1) is 0 Å². The van der Waals surface area contributed by atoms with E-state index in [9.17, 15) is 9.59 Å². The van der Waals surface area contributed by atoms with Crippen molar-refractivity contribution in [2.75, 3.05) is 6.54 Å². The number of benzene rings is 1. The van der Waals surface area contributed by atoms with Crippen molar-refractivity contribution < 1.29 is 14.7 Å². The van der Waals surface area contributed by atoms with Gasteiger partial charge in [-0.15, -0.1) is 0 Å². The topological polar surface area (TPSA) is 66.4 Å². The number of aliphatic carboxylic acids is 1. The molecule has 4 nitrogen and oxygen atoms in total. The largest absolute Gasteiger partial charge is 0.480 e. The zero-order valence-electron chi connectivity index (χ0n) is 9.85. The van der Waals surface area contributed by atoms with E-state index in [0.29, 0.717) is 6.42 Å². The van der Waals surface area contributed by atoms with Crippen LogP contribution in [0.4, 0.5) is 0 Å². The Kier molecular flexibility index (Phi) is 5.20. The summed E-state index contributed by atoms with van der Waals surface area (Å²) in [7, 11) is 0. The highest BCUT2D eigenvalue weighted by atomic mass is 16.4. The molecule has 0 fully saturated rings. The first-order chi connectivity index (χ1) is 8.13. The summed E-state index contributed by atoms with van der Waals surface area (Å²) < 4.78 is 0. The van der Waals surface area contributed by atoms with Crippen LogP contribution >= 0.6 is 0 Å². The Labute approximate surface area is 101 Å². The highest BCUT2D eigenvalue weighted by molar-refractivity contribution is 5.81. The molecule has 1 unspecified atom stereocenters. The molecule has 2 N–H and O–H groups in total. The molecular formula is C13H17NO3. The van der Waals surface area contributed by atoms with Gasteiger partial charge in [-0.05, 0) is 17.9 Å². The Bertz CT molecular complexity index is 376. The second kappa shape index (κ2) is 6.68. The lowest BCUT2D eigenvalue weighted by molar-refractivity contribution is -0.138. The number of carboxylic acid groups (broad SMARTS) is 1. The standard InChI is InChI=1S/C13H17NO3/c1-2-10(11-6-4-3-5-7-11)8-12(15)14-9-13(16)17/h3-7,10H,2,8-9H2,1H3,(H,14,15)(H,16,17). The lowest BCUT2D eigenvalue weighted by atomic mass is 9.93. The zero-order chi connectivity index (χ0) is 12.7. The number of hydrogen-bond donors (Lipinski definition) is 2. The fourth-order valence-corrected chi connectivity index (χ4v) is 1.69. The molecule has 0 heterocycles. The van der Waals surface area contributed by atoms with Crippen molar-refractivity contribution in [1.82, 2.24) is 5.32 Å². The van der Waals surface area contributed by atoms with Gasteiger partial charge in [0.25, 0.3) is 0 Å². The Hall–Kier alpha value is -1.84. The molecule has 0 saturated heterocycles. The minimum atomic E-state index is -1.02. The predicted molar refractivity (Wildman–Crippen MR) is 64.7 cm³/mol. The van der Waals surface area contributed by atoms with E-state index in [1.807, 2.05) is 37.3 Å². The Balaban J connectivity index is 2.53. The maximum Gasteiger partial charge on any atom is 0.322 e. The van der Waals surface area contributed by atoms with Gasteiger partial charge in [0.1, 0.15) is 6.54 Å². The van der Waals surface area contributed by atoms with Crippen LogP contribution in [0.3, 0.4) is 0 Å². The minimum Gasteiger partial charge on any atom is -0.480 e. The summed E-state index contributed by atoms with van der Waals surface area (Å²) in [6.45, 7) is 1.70. The number of rotatable bonds is 6. The summed E-state index contributed by atoms with van der Waals surface area (Å²) in [5, 5.41) is 10.8. The maximum atomic E-state index is 11.5. The monoisotopic (exact) mass is 235 g/mol. The number of hydrogen-bond acceptors (Lipinski definition) is 2. The van der Waals surface area contributed by atoms with E-state index in [1.54, 1.807) is 0 Å². The van der Waals surface area contributed by atoms with Gasteiger partial charge < -0.3 is 10.4 Å². The Morgan fingerprint density at radius 2 is 1.94 bits per heavy atom. The van der Waals surface area contributed by atoms with Crippen LogP contribution in [0.25, 0.3) is 0 Å². The van der Waals surface area contributed by atoms with Gasteiger partial charge in [-0.3, -0.25) is 9.59 Å². The first kappa shape index (κ1) is 13.2. The van der Waals surface area contributed by atoms with Gasteiger partial charge in [0, 0.05) is 6.42 Å². The van der Waals surface area contributed by atoms with Gasteiger partial charge in [-0.25, -0.2) is 0 Å². The van der Waals surface area contributed by atoms with Crippen LogP contribution in [0.1, 0.15) is 31.2 Å². The number of nitrogens with one attached hydrogen (secondary N) is 1. The molecule has 1 aromatic carbocycles. The average Bonchev–Trinajstić information content (AvgIpc) is 2.34. The molecule has 1 atom stereocenters. The molecule has 4 heteroatoms. The molecule has 0 bridgehead atoms. The summed E-state index contributed by atoms with van der Waals surface area (Å²) in [6.07, 6.45) is 1.18. The summed E-state index contributed by atoms with van der Waals surface area (Å²) in [4.78, 5) is 21.8. The molecule has 0 saturated carbocycles. The summed E-state index contributed by atoms with van der Waals surface area (Å²) in [6, 6.07) is 9.78. The van der Waals surface area contributed by atoms with E-state index in [2.05, 4.69) is 5.32 Å². The van der Waals surface area contributed by atoms with E-state index >= 15 is 0 Å². The van der Waals surface area contributed by atoms with Gasteiger partial charge >= 0.3 is 5.97 Å². The first-order valence-corrected chi connectivity index (χ1v) is 5.67. The molecule has 0 radical (unpaired) electrons. The normalized spacial score (nSPS) is 11.8. The van der Waals surface area contributed by atoms with E-state index in [0.717, 1.165) is 12.0 Å². The number of carbonyl (C=O) groups is 2. The fraction of sp³-hybridized carbons (Fsp3) is 0.385. The fourth-order valence-electron chi connectivity index (χ4n) is 1.69. The van der Waals surface area contributed by atoms with E-state index in [1.165, 1.54) is 0 Å². The van der Waals surface area contributed by atoms with Crippen molar-refractivity contribution in [3.05, 3.63) is 35.9 Å². The summed E-state index contributed by atoms with van der Waals surface area (Å²) in [5.74, 6) is -1.10. The molecule has 0 aliphatic carbocycles. The van der Waals surface area contributed by atoms with Crippen molar-refractivity contribution in [3.8, 4) is 0 Å². The molecule has 0 aliphatic rings. The van der Waals surface area contributed by atoms with Crippen LogP contribution in [0.2, 0.25) is 0 Å². The predicted octanol–water partition coefficient (Wildman–Crippen LogP) is 1.77. The van der Waals surface area contributed by atoms with Crippen LogP contribution in [-0.4, -0.2) is 23.5 Å². The molecule has 1 rings (SSSR count). The highest BCUT2D eigenvalue weighted by Crippen LogP contribution is 2.22. The second-order valence-electron chi connectivity index (χ2n) is 3.89. The molecule has 1 amide bonds. The second-order valence-corrected chi connectivity index (χ2v) is 3.89. The summed E-state index contributed by atoms with van der Waals surface area (Å²) >= 11 is 0. The number of carboxylic acids is 1. The quantitative estimate of drug-likeness (QED) is 0.789. The van der Waals surface area contributed by atoms with Crippen LogP contribution in [-0.2, 0) is 9.59 Å². The third kappa shape index (κ3) is 4.68. The first-order valence-electron chi connectivity index (χ1n) is 5.67. The smallest absolute Gasteiger partial charge is 0.322 e. The Morgan fingerprint density at radius 3 is 2.47 bits per heavy atom. The molecule has 92 valence electrons. The highest BCUT2D eigenvalue weighted by Gasteiger charge is 2.14. The van der Waals surface area contributed by atoms with Gasteiger partial charge in [0.15, 0.2) is 0 Å². The third-order valence-corrected chi connectivity index (χ3v) is 2.63. The lowest BCUT2D eigenvalue weighted by Crippen LogP contribution is -2.30. The third-order valence-electron chi connectivity index (χ3n) is 2.63. The minimum absolute atomic E-state index is 0.144. The number of amides is 1. The molecule has 0 aliphatic heterocycles. The summed E-state index contributed by atoms with van der Waals surface area (Å²) in [5.41, 5.74) is 1.11. The maximum absolute atomic E-state index is 11.5. The van der Waals surface area contributed by atoms with Crippen molar-refractivity contribution in [2.45, 2.75) is 25.7 Å². The van der Waals surface area contributed by atoms with E-state index in [-0.39, 0.29) is 18.4 Å². The lowest BCUT2D eigenvalue weighted by Gasteiger charge is -2.14.